The van der Waals surface area contributed by atoms with Gasteiger partial charge in [-0.25, -0.2) is 0 Å². The normalized spacial score (nSPS) is 10.8. The third-order valence-electron chi connectivity index (χ3n) is 3.31. The van der Waals surface area contributed by atoms with E-state index in [1.165, 1.54) is 10.9 Å². The van der Waals surface area contributed by atoms with Gasteiger partial charge in [0.15, 0.2) is 0 Å². The molecule has 0 fully saturated rings. The number of rotatable bonds is 4. The Balaban J connectivity index is 1.81. The highest BCUT2D eigenvalue weighted by Crippen LogP contribution is 2.21. The van der Waals surface area contributed by atoms with E-state index in [2.05, 4.69) is 52.4 Å². The van der Waals surface area contributed by atoms with E-state index in [1.54, 1.807) is 0 Å². The van der Waals surface area contributed by atoms with Gasteiger partial charge in [-0.2, -0.15) is 0 Å². The Labute approximate surface area is 112 Å². The summed E-state index contributed by atoms with van der Waals surface area (Å²) in [5, 5.41) is 4.65. The molecule has 3 rings (SSSR count). The van der Waals surface area contributed by atoms with Crippen molar-refractivity contribution in [2.24, 2.45) is 0 Å². The van der Waals surface area contributed by atoms with E-state index >= 15 is 0 Å². The molecule has 3 aromatic rings. The van der Waals surface area contributed by atoms with Gasteiger partial charge in [0.25, 0.3) is 0 Å². The summed E-state index contributed by atoms with van der Waals surface area (Å²) in [7, 11) is 0. The highest BCUT2D eigenvalue weighted by Gasteiger charge is 2.01. The number of nitrogens with zero attached hydrogens (tertiary/aromatic N) is 2. The fourth-order valence-corrected chi connectivity index (χ4v) is 2.25. The fraction of sp³-hybridized carbons (Fsp3) is 0.188. The van der Waals surface area contributed by atoms with Gasteiger partial charge in [-0.3, -0.25) is 4.98 Å². The van der Waals surface area contributed by atoms with Crippen molar-refractivity contribution in [3.63, 3.8) is 0 Å². The van der Waals surface area contributed by atoms with Gasteiger partial charge >= 0.3 is 0 Å². The van der Waals surface area contributed by atoms with Crippen LogP contribution >= 0.6 is 0 Å². The number of aryl methyl sites for hydroxylation is 1. The number of hydrogen-bond donors (Lipinski definition) is 1. The topological polar surface area (TPSA) is 29.9 Å². The zero-order valence-corrected chi connectivity index (χ0v) is 11.0. The summed E-state index contributed by atoms with van der Waals surface area (Å²) < 4.78 is 2.18. The van der Waals surface area contributed by atoms with Gasteiger partial charge in [0.1, 0.15) is 0 Å². The number of aromatic nitrogens is 2. The lowest BCUT2D eigenvalue weighted by molar-refractivity contribution is 0.766. The van der Waals surface area contributed by atoms with Crippen LogP contribution in [-0.4, -0.2) is 9.55 Å². The first kappa shape index (κ1) is 11.8. The Kier molecular flexibility index (Phi) is 3.19. The van der Waals surface area contributed by atoms with Crippen LogP contribution in [0.1, 0.15) is 12.5 Å². The molecule has 19 heavy (non-hydrogen) atoms. The molecule has 0 spiro atoms. The molecule has 0 aliphatic rings. The lowest BCUT2D eigenvalue weighted by Gasteiger charge is -2.08. The van der Waals surface area contributed by atoms with Crippen LogP contribution in [0.5, 0.6) is 0 Å². The summed E-state index contributed by atoms with van der Waals surface area (Å²) >= 11 is 0. The van der Waals surface area contributed by atoms with Crippen molar-refractivity contribution in [2.75, 3.05) is 5.32 Å². The minimum absolute atomic E-state index is 0.834. The van der Waals surface area contributed by atoms with Crippen molar-refractivity contribution in [3.05, 3.63) is 60.6 Å². The van der Waals surface area contributed by atoms with Crippen LogP contribution in [0.15, 0.2) is 55.0 Å². The lowest BCUT2D eigenvalue weighted by atomic mass is 10.2. The molecule has 3 nitrogen and oxygen atoms in total. The molecule has 2 aromatic heterocycles. The van der Waals surface area contributed by atoms with Crippen LogP contribution in [0, 0.1) is 0 Å². The second-order valence-corrected chi connectivity index (χ2v) is 4.58. The maximum atomic E-state index is 4.37. The molecule has 0 aliphatic heterocycles. The summed E-state index contributed by atoms with van der Waals surface area (Å²) in [6.07, 6.45) is 6.12. The molecule has 96 valence electrons. The van der Waals surface area contributed by atoms with E-state index in [0.717, 1.165) is 24.3 Å². The van der Waals surface area contributed by atoms with Crippen molar-refractivity contribution < 1.29 is 0 Å². The molecule has 0 amide bonds. The van der Waals surface area contributed by atoms with Crippen molar-refractivity contribution in [1.82, 2.24) is 9.55 Å². The Bertz CT molecular complexity index is 680. The molecule has 0 saturated heterocycles. The van der Waals surface area contributed by atoms with Gasteiger partial charge in [-0.15, -0.1) is 0 Å². The van der Waals surface area contributed by atoms with E-state index in [-0.39, 0.29) is 0 Å². The van der Waals surface area contributed by atoms with Crippen LogP contribution in [-0.2, 0) is 13.1 Å². The average Bonchev–Trinajstić information content (AvgIpc) is 2.93. The van der Waals surface area contributed by atoms with Crippen molar-refractivity contribution in [3.8, 4) is 0 Å². The second-order valence-electron chi connectivity index (χ2n) is 4.58. The monoisotopic (exact) mass is 251 g/mol. The molecule has 2 heterocycles. The Morgan fingerprint density at radius 3 is 2.95 bits per heavy atom. The largest absolute Gasteiger partial charge is 0.380 e. The van der Waals surface area contributed by atoms with E-state index < -0.39 is 0 Å². The third-order valence-corrected chi connectivity index (χ3v) is 3.31. The SMILES string of the molecule is CCn1ccc(CNc2cccc3ncccc23)c1. The Morgan fingerprint density at radius 2 is 2.11 bits per heavy atom. The van der Waals surface area contributed by atoms with Crippen LogP contribution in [0.25, 0.3) is 10.9 Å². The van der Waals surface area contributed by atoms with Crippen molar-refractivity contribution in [1.29, 1.82) is 0 Å². The highest BCUT2D eigenvalue weighted by atomic mass is 14.9. The molecular formula is C16H17N3. The number of anilines is 1. The predicted octanol–water partition coefficient (Wildman–Crippen LogP) is 3.67. The first-order valence-electron chi connectivity index (χ1n) is 6.59. The van der Waals surface area contributed by atoms with E-state index in [9.17, 15) is 0 Å². The maximum absolute atomic E-state index is 4.37. The molecule has 0 unspecified atom stereocenters. The molecular weight excluding hydrogens is 234 g/mol. The van der Waals surface area contributed by atoms with Gasteiger partial charge in [-0.1, -0.05) is 6.07 Å². The molecule has 3 heteroatoms. The van der Waals surface area contributed by atoms with Crippen LogP contribution in [0.3, 0.4) is 0 Å². The predicted molar refractivity (Wildman–Crippen MR) is 79.2 cm³/mol. The Hall–Kier alpha value is -2.29. The van der Waals surface area contributed by atoms with Gasteiger partial charge < -0.3 is 9.88 Å². The van der Waals surface area contributed by atoms with Gasteiger partial charge in [0, 0.05) is 42.8 Å². The number of nitrogens with one attached hydrogen (secondary N) is 1. The zero-order valence-electron chi connectivity index (χ0n) is 11.0. The summed E-state index contributed by atoms with van der Waals surface area (Å²) in [4.78, 5) is 4.37. The number of pyridine rings is 1. The van der Waals surface area contributed by atoms with Crippen LogP contribution in [0.4, 0.5) is 5.69 Å². The third kappa shape index (κ3) is 2.45. The minimum Gasteiger partial charge on any atom is -0.380 e. The van der Waals surface area contributed by atoms with E-state index in [4.69, 9.17) is 0 Å². The standard InChI is InChI=1S/C16H17N3/c1-2-19-10-8-13(12-19)11-18-16-7-3-6-15-14(16)5-4-9-17-15/h3-10,12,18H,2,11H2,1H3. The molecule has 1 N–H and O–H groups in total. The maximum Gasteiger partial charge on any atom is 0.0722 e. The fourth-order valence-electron chi connectivity index (χ4n) is 2.25. The number of benzene rings is 1. The number of hydrogen-bond acceptors (Lipinski definition) is 2. The zero-order chi connectivity index (χ0) is 13.1. The van der Waals surface area contributed by atoms with Crippen molar-refractivity contribution in [2.45, 2.75) is 20.0 Å². The highest BCUT2D eigenvalue weighted by molar-refractivity contribution is 5.91. The number of fused-ring (bicyclic) bond motifs is 1. The molecule has 0 aliphatic carbocycles. The van der Waals surface area contributed by atoms with Crippen LogP contribution < -0.4 is 5.32 Å². The average molecular weight is 251 g/mol. The molecule has 0 radical (unpaired) electrons. The second kappa shape index (κ2) is 5.14. The minimum atomic E-state index is 0.834. The van der Waals surface area contributed by atoms with Gasteiger partial charge in [0.2, 0.25) is 0 Å². The Morgan fingerprint density at radius 1 is 1.16 bits per heavy atom. The molecule has 1 aromatic carbocycles. The molecule has 0 atom stereocenters. The first-order valence-corrected chi connectivity index (χ1v) is 6.59. The smallest absolute Gasteiger partial charge is 0.0722 e. The van der Waals surface area contributed by atoms with Gasteiger partial charge in [-0.05, 0) is 42.8 Å². The lowest BCUT2D eigenvalue weighted by Crippen LogP contribution is -1.99. The van der Waals surface area contributed by atoms with Gasteiger partial charge in [0.05, 0.1) is 5.52 Å². The molecule has 0 saturated carbocycles. The van der Waals surface area contributed by atoms with Crippen LogP contribution in [0.2, 0.25) is 0 Å². The van der Waals surface area contributed by atoms with Crippen molar-refractivity contribution >= 4 is 16.6 Å². The van der Waals surface area contributed by atoms with E-state index in [0.29, 0.717) is 0 Å². The quantitative estimate of drug-likeness (QED) is 0.766. The summed E-state index contributed by atoms with van der Waals surface area (Å²) in [5.74, 6) is 0. The first-order chi connectivity index (χ1) is 9.36. The summed E-state index contributed by atoms with van der Waals surface area (Å²) in [6, 6.07) is 12.4. The van der Waals surface area contributed by atoms with E-state index in [1.807, 2.05) is 24.4 Å². The molecule has 0 bridgehead atoms. The summed E-state index contributed by atoms with van der Waals surface area (Å²) in [5.41, 5.74) is 3.45. The summed E-state index contributed by atoms with van der Waals surface area (Å²) in [6.45, 7) is 3.99.